The number of rotatable bonds is 9. The van der Waals surface area contributed by atoms with Gasteiger partial charge in [0.2, 0.25) is 17.6 Å². The standard InChI is InChI=1S/C24H33FN4O2S/c25-20-11-9-18(10-12-20)23-27-22(31-28-23)17-29-14-4-6-19(16-29)24(30)26-13-5-15-32-21-7-2-1-3-8-21/h9-12,19,21H,1-8,13-17H2,(H,26,30). The number of halogens is 1. The monoisotopic (exact) mass is 460 g/mol. The van der Waals surface area contributed by atoms with E-state index in [0.717, 1.165) is 48.9 Å². The molecule has 1 saturated carbocycles. The van der Waals surface area contributed by atoms with Gasteiger partial charge in [0.15, 0.2) is 0 Å². The summed E-state index contributed by atoms with van der Waals surface area (Å²) in [6.07, 6.45) is 9.82. The fraction of sp³-hybridized carbons (Fsp3) is 0.625. The second-order valence-electron chi connectivity index (χ2n) is 8.87. The van der Waals surface area contributed by atoms with Gasteiger partial charge in [0.05, 0.1) is 12.5 Å². The lowest BCUT2D eigenvalue weighted by Crippen LogP contribution is -2.43. The molecular formula is C24H33FN4O2S. The van der Waals surface area contributed by atoms with E-state index < -0.39 is 0 Å². The van der Waals surface area contributed by atoms with Crippen LogP contribution >= 0.6 is 11.8 Å². The maximum Gasteiger partial charge on any atom is 0.241 e. The van der Waals surface area contributed by atoms with Crippen LogP contribution in [0.25, 0.3) is 11.4 Å². The molecule has 174 valence electrons. The molecule has 0 bridgehead atoms. The molecule has 6 nitrogen and oxygen atoms in total. The van der Waals surface area contributed by atoms with Gasteiger partial charge in [-0.2, -0.15) is 16.7 Å². The lowest BCUT2D eigenvalue weighted by molar-refractivity contribution is -0.126. The van der Waals surface area contributed by atoms with Gasteiger partial charge in [-0.3, -0.25) is 9.69 Å². The summed E-state index contributed by atoms with van der Waals surface area (Å²) in [5, 5.41) is 7.99. The number of aromatic nitrogens is 2. The molecule has 2 aliphatic rings. The molecule has 1 aromatic heterocycles. The maximum atomic E-state index is 13.1. The van der Waals surface area contributed by atoms with Gasteiger partial charge in [-0.25, -0.2) is 4.39 Å². The summed E-state index contributed by atoms with van der Waals surface area (Å²) >= 11 is 2.09. The van der Waals surface area contributed by atoms with Crippen LogP contribution in [0.3, 0.4) is 0 Å². The maximum absolute atomic E-state index is 13.1. The number of hydrogen-bond acceptors (Lipinski definition) is 6. The van der Waals surface area contributed by atoms with Crippen LogP contribution in [0.4, 0.5) is 4.39 Å². The van der Waals surface area contributed by atoms with Crippen LogP contribution in [0.2, 0.25) is 0 Å². The summed E-state index contributed by atoms with van der Waals surface area (Å²) in [7, 11) is 0. The number of nitrogens with zero attached hydrogens (tertiary/aromatic N) is 3. The number of carbonyl (C=O) groups excluding carboxylic acids is 1. The van der Waals surface area contributed by atoms with Gasteiger partial charge in [-0.1, -0.05) is 24.4 Å². The molecule has 1 N–H and O–H groups in total. The fourth-order valence-corrected chi connectivity index (χ4v) is 5.86. The largest absolute Gasteiger partial charge is 0.356 e. The van der Waals surface area contributed by atoms with E-state index in [2.05, 4.69) is 32.1 Å². The Morgan fingerprint density at radius 2 is 1.97 bits per heavy atom. The number of benzene rings is 1. The Morgan fingerprint density at radius 1 is 1.16 bits per heavy atom. The van der Waals surface area contributed by atoms with E-state index in [0.29, 0.717) is 24.8 Å². The van der Waals surface area contributed by atoms with Crippen molar-refractivity contribution in [2.24, 2.45) is 5.92 Å². The molecule has 8 heteroatoms. The first-order chi connectivity index (χ1) is 15.7. The zero-order valence-electron chi connectivity index (χ0n) is 18.6. The molecule has 4 rings (SSSR count). The van der Waals surface area contributed by atoms with Gasteiger partial charge in [-0.15, -0.1) is 0 Å². The minimum Gasteiger partial charge on any atom is -0.356 e. The van der Waals surface area contributed by atoms with E-state index >= 15 is 0 Å². The molecular weight excluding hydrogens is 427 g/mol. The normalized spacial score (nSPS) is 20.3. The molecule has 0 radical (unpaired) electrons. The summed E-state index contributed by atoms with van der Waals surface area (Å²) in [4.78, 5) is 19.3. The van der Waals surface area contributed by atoms with E-state index in [-0.39, 0.29) is 17.6 Å². The lowest BCUT2D eigenvalue weighted by Gasteiger charge is -2.30. The molecule has 1 atom stereocenters. The Bertz CT molecular complexity index is 854. The van der Waals surface area contributed by atoms with Crippen molar-refractivity contribution in [1.82, 2.24) is 20.4 Å². The Kier molecular flexibility index (Phi) is 8.56. The Balaban J connectivity index is 1.18. The van der Waals surface area contributed by atoms with E-state index in [1.807, 2.05) is 0 Å². The Labute approximate surface area is 193 Å². The minimum absolute atomic E-state index is 0.00855. The summed E-state index contributed by atoms with van der Waals surface area (Å²) in [6, 6.07) is 6.04. The van der Waals surface area contributed by atoms with Crippen molar-refractivity contribution in [3.8, 4) is 11.4 Å². The first kappa shape index (κ1) is 23.2. The number of piperidine rings is 1. The summed E-state index contributed by atoms with van der Waals surface area (Å²) < 4.78 is 18.5. The topological polar surface area (TPSA) is 71.3 Å². The molecule has 2 aromatic rings. The van der Waals surface area contributed by atoms with Gasteiger partial charge >= 0.3 is 0 Å². The van der Waals surface area contributed by atoms with Gasteiger partial charge in [0.1, 0.15) is 5.82 Å². The molecule has 32 heavy (non-hydrogen) atoms. The number of amides is 1. The van der Waals surface area contributed by atoms with Crippen molar-refractivity contribution in [1.29, 1.82) is 0 Å². The molecule has 1 aliphatic heterocycles. The Hall–Kier alpha value is -1.93. The molecule has 1 amide bonds. The van der Waals surface area contributed by atoms with Gasteiger partial charge in [-0.05, 0) is 68.7 Å². The quantitative estimate of drug-likeness (QED) is 0.549. The van der Waals surface area contributed by atoms with Crippen LogP contribution in [0.1, 0.15) is 57.3 Å². The third-order valence-corrected chi connectivity index (χ3v) is 7.80. The van der Waals surface area contributed by atoms with Crippen LogP contribution < -0.4 is 5.32 Å². The highest BCUT2D eigenvalue weighted by Gasteiger charge is 2.26. The summed E-state index contributed by atoms with van der Waals surface area (Å²) in [5.74, 6) is 1.99. The summed E-state index contributed by atoms with van der Waals surface area (Å²) in [6.45, 7) is 2.91. The van der Waals surface area contributed by atoms with Gasteiger partial charge in [0.25, 0.3) is 0 Å². The van der Waals surface area contributed by atoms with Crippen LogP contribution in [0, 0.1) is 11.7 Å². The molecule has 1 aromatic carbocycles. The number of thioether (sulfide) groups is 1. The van der Waals surface area contributed by atoms with Crippen molar-refractivity contribution < 1.29 is 13.7 Å². The predicted octanol–water partition coefficient (Wildman–Crippen LogP) is 4.66. The number of nitrogens with one attached hydrogen (secondary N) is 1. The molecule has 1 saturated heterocycles. The minimum atomic E-state index is -0.293. The van der Waals surface area contributed by atoms with E-state index in [9.17, 15) is 9.18 Å². The second-order valence-corrected chi connectivity index (χ2v) is 10.3. The van der Waals surface area contributed by atoms with Crippen molar-refractivity contribution >= 4 is 17.7 Å². The highest BCUT2D eigenvalue weighted by Crippen LogP contribution is 2.28. The third kappa shape index (κ3) is 6.78. The van der Waals surface area contributed by atoms with Gasteiger partial charge in [0, 0.05) is 23.9 Å². The highest BCUT2D eigenvalue weighted by atomic mass is 32.2. The third-order valence-electron chi connectivity index (χ3n) is 6.33. The lowest BCUT2D eigenvalue weighted by atomic mass is 9.97. The number of carbonyl (C=O) groups is 1. The van der Waals surface area contributed by atoms with E-state index in [1.54, 1.807) is 12.1 Å². The van der Waals surface area contributed by atoms with E-state index in [1.165, 1.54) is 44.2 Å². The molecule has 2 heterocycles. The first-order valence-corrected chi connectivity index (χ1v) is 12.9. The average Bonchev–Trinajstić information content (AvgIpc) is 3.28. The van der Waals surface area contributed by atoms with Crippen LogP contribution in [-0.4, -0.2) is 51.6 Å². The highest BCUT2D eigenvalue weighted by molar-refractivity contribution is 7.99. The van der Waals surface area contributed by atoms with Crippen molar-refractivity contribution in [2.45, 2.75) is 63.2 Å². The first-order valence-electron chi connectivity index (χ1n) is 11.9. The molecule has 1 aliphatic carbocycles. The SMILES string of the molecule is O=C(NCCCSC1CCCCC1)C1CCCN(Cc2nc(-c3ccc(F)cc3)no2)C1. The van der Waals surface area contributed by atoms with Crippen molar-refractivity contribution in [3.05, 3.63) is 36.0 Å². The number of likely N-dealkylation sites (tertiary alicyclic amines) is 1. The molecule has 0 spiro atoms. The zero-order chi connectivity index (χ0) is 22.2. The van der Waals surface area contributed by atoms with Crippen LogP contribution in [-0.2, 0) is 11.3 Å². The zero-order valence-corrected chi connectivity index (χ0v) is 19.4. The predicted molar refractivity (Wildman–Crippen MR) is 125 cm³/mol. The number of hydrogen-bond donors (Lipinski definition) is 1. The van der Waals surface area contributed by atoms with Crippen molar-refractivity contribution in [2.75, 3.05) is 25.4 Å². The fourth-order valence-electron chi connectivity index (χ4n) is 4.55. The summed E-state index contributed by atoms with van der Waals surface area (Å²) in [5.41, 5.74) is 0.721. The van der Waals surface area contributed by atoms with Gasteiger partial charge < -0.3 is 9.84 Å². The Morgan fingerprint density at radius 3 is 2.78 bits per heavy atom. The van der Waals surface area contributed by atoms with E-state index in [4.69, 9.17) is 4.52 Å². The average molecular weight is 461 g/mol. The van der Waals surface area contributed by atoms with Crippen LogP contribution in [0.15, 0.2) is 28.8 Å². The van der Waals surface area contributed by atoms with Crippen LogP contribution in [0.5, 0.6) is 0 Å². The smallest absolute Gasteiger partial charge is 0.241 e. The molecule has 1 unspecified atom stereocenters. The molecule has 2 fully saturated rings. The van der Waals surface area contributed by atoms with Crippen molar-refractivity contribution in [3.63, 3.8) is 0 Å². The second kappa shape index (κ2) is 11.8.